The van der Waals surface area contributed by atoms with Gasteiger partial charge in [-0.2, -0.15) is 4.31 Å². The fourth-order valence-electron chi connectivity index (χ4n) is 5.18. The third-order valence-electron chi connectivity index (χ3n) is 7.11. The minimum absolute atomic E-state index is 0.422. The van der Waals surface area contributed by atoms with Gasteiger partial charge in [-0.1, -0.05) is 48.5 Å². The lowest BCUT2D eigenvalue weighted by Gasteiger charge is -2.35. The van der Waals surface area contributed by atoms with Crippen LogP contribution < -0.4 is 4.90 Å². The highest BCUT2D eigenvalue weighted by Gasteiger charge is 2.30. The van der Waals surface area contributed by atoms with E-state index in [1.807, 2.05) is 66.7 Å². The molecule has 1 aliphatic heterocycles. The van der Waals surface area contributed by atoms with Gasteiger partial charge in [-0.25, -0.2) is 18.4 Å². The Kier molecular flexibility index (Phi) is 5.74. The molecule has 7 heteroatoms. The Morgan fingerprint density at radius 2 is 1.43 bits per heavy atom. The zero-order valence-electron chi connectivity index (χ0n) is 19.6. The number of hydrogen-bond acceptors (Lipinski definition) is 5. The highest BCUT2D eigenvalue weighted by Crippen LogP contribution is 2.30. The molecule has 0 spiro atoms. The summed E-state index contributed by atoms with van der Waals surface area (Å²) in [7, 11) is -3.52. The van der Waals surface area contributed by atoms with Crippen molar-refractivity contribution in [1.29, 1.82) is 0 Å². The number of anilines is 1. The molecule has 2 heterocycles. The number of hydrogen-bond donors (Lipinski definition) is 0. The first kappa shape index (κ1) is 22.2. The summed E-state index contributed by atoms with van der Waals surface area (Å²) in [6.45, 7) is 2.02. The number of piperazine rings is 1. The van der Waals surface area contributed by atoms with E-state index in [-0.39, 0.29) is 0 Å². The zero-order chi connectivity index (χ0) is 23.8. The van der Waals surface area contributed by atoms with E-state index >= 15 is 0 Å². The van der Waals surface area contributed by atoms with Gasteiger partial charge in [0, 0.05) is 37.1 Å². The monoisotopic (exact) mass is 484 g/mol. The molecule has 0 unspecified atom stereocenters. The van der Waals surface area contributed by atoms with E-state index in [2.05, 4.69) is 4.90 Å². The van der Waals surface area contributed by atoms with Crippen LogP contribution in [0.1, 0.15) is 24.0 Å². The predicted octanol–water partition coefficient (Wildman–Crippen LogP) is 4.69. The second-order valence-corrected chi connectivity index (χ2v) is 11.2. The summed E-state index contributed by atoms with van der Waals surface area (Å²) in [5.74, 6) is 1.55. The zero-order valence-corrected chi connectivity index (χ0v) is 20.4. The fourth-order valence-corrected chi connectivity index (χ4v) is 6.65. The first-order valence-corrected chi connectivity index (χ1v) is 13.7. The van der Waals surface area contributed by atoms with Crippen LogP contribution in [0.15, 0.2) is 77.7 Å². The van der Waals surface area contributed by atoms with Gasteiger partial charge in [0.05, 0.1) is 10.4 Å². The standard InChI is InChI=1S/C28H28N4O2S/c33-35(34,24-15-14-21-8-4-5-11-23(21)20-24)32-18-16-31(17-19-32)28-25-12-6-7-13-26(25)29-27(30-28)22-9-2-1-3-10-22/h1-3,6-7,9-10,12-15,20H,4-5,8,11,16-19H2. The number of sulfonamides is 1. The van der Waals surface area contributed by atoms with Crippen molar-refractivity contribution in [2.75, 3.05) is 31.1 Å². The third-order valence-corrected chi connectivity index (χ3v) is 9.01. The van der Waals surface area contributed by atoms with Crippen LogP contribution in [-0.4, -0.2) is 48.9 Å². The highest BCUT2D eigenvalue weighted by atomic mass is 32.2. The number of aryl methyl sites for hydroxylation is 2. The van der Waals surface area contributed by atoms with Gasteiger partial charge in [-0.3, -0.25) is 0 Å². The van der Waals surface area contributed by atoms with Crippen molar-refractivity contribution in [1.82, 2.24) is 14.3 Å². The van der Waals surface area contributed by atoms with Crippen molar-refractivity contribution in [2.45, 2.75) is 30.6 Å². The maximum atomic E-state index is 13.4. The average molecular weight is 485 g/mol. The van der Waals surface area contributed by atoms with Crippen molar-refractivity contribution >= 4 is 26.7 Å². The number of aromatic nitrogens is 2. The van der Waals surface area contributed by atoms with Crippen molar-refractivity contribution in [2.24, 2.45) is 0 Å². The number of nitrogens with zero attached hydrogens (tertiary/aromatic N) is 4. The van der Waals surface area contributed by atoms with Crippen molar-refractivity contribution < 1.29 is 8.42 Å². The molecule has 0 N–H and O–H groups in total. The van der Waals surface area contributed by atoms with Crippen LogP contribution in [0.5, 0.6) is 0 Å². The van der Waals surface area contributed by atoms with Crippen LogP contribution in [0.25, 0.3) is 22.3 Å². The molecule has 35 heavy (non-hydrogen) atoms. The van der Waals surface area contributed by atoms with E-state index in [4.69, 9.17) is 9.97 Å². The molecule has 4 aromatic rings. The van der Waals surface area contributed by atoms with Crippen LogP contribution in [-0.2, 0) is 22.9 Å². The summed E-state index contributed by atoms with van der Waals surface area (Å²) in [6, 6.07) is 23.7. The molecule has 1 aromatic heterocycles. The summed E-state index contributed by atoms with van der Waals surface area (Å²) in [5, 5.41) is 0.984. The topological polar surface area (TPSA) is 66.4 Å². The summed E-state index contributed by atoms with van der Waals surface area (Å²) in [6.07, 6.45) is 4.33. The van der Waals surface area contributed by atoms with Gasteiger partial charge >= 0.3 is 0 Å². The lowest BCUT2D eigenvalue weighted by atomic mass is 9.92. The Labute approximate surface area is 206 Å². The third kappa shape index (κ3) is 4.19. The van der Waals surface area contributed by atoms with Crippen LogP contribution in [0, 0.1) is 0 Å². The molecule has 2 aliphatic rings. The van der Waals surface area contributed by atoms with E-state index in [0.29, 0.717) is 36.9 Å². The van der Waals surface area contributed by atoms with E-state index in [1.54, 1.807) is 10.4 Å². The average Bonchev–Trinajstić information content (AvgIpc) is 2.92. The van der Waals surface area contributed by atoms with Gasteiger partial charge in [-0.15, -0.1) is 0 Å². The van der Waals surface area contributed by atoms with Gasteiger partial charge in [0.2, 0.25) is 10.0 Å². The van der Waals surface area contributed by atoms with Crippen LogP contribution >= 0.6 is 0 Å². The molecule has 1 fully saturated rings. The second-order valence-electron chi connectivity index (χ2n) is 9.28. The second kappa shape index (κ2) is 9.06. The van der Waals surface area contributed by atoms with Crippen LogP contribution in [0.3, 0.4) is 0 Å². The molecule has 1 saturated heterocycles. The minimum atomic E-state index is -3.52. The first-order valence-electron chi connectivity index (χ1n) is 12.3. The van der Waals surface area contributed by atoms with Gasteiger partial charge in [0.25, 0.3) is 0 Å². The maximum Gasteiger partial charge on any atom is 0.243 e. The Bertz CT molecular complexity index is 1480. The molecule has 0 bridgehead atoms. The van der Waals surface area contributed by atoms with Crippen LogP contribution in [0.4, 0.5) is 5.82 Å². The molecule has 0 amide bonds. The summed E-state index contributed by atoms with van der Waals surface area (Å²) in [5.41, 5.74) is 4.34. The Morgan fingerprint density at radius 1 is 0.714 bits per heavy atom. The quantitative estimate of drug-likeness (QED) is 0.421. The molecule has 0 saturated carbocycles. The smallest absolute Gasteiger partial charge is 0.243 e. The van der Waals surface area contributed by atoms with Crippen LogP contribution in [0.2, 0.25) is 0 Å². The van der Waals surface area contributed by atoms with E-state index in [0.717, 1.165) is 41.5 Å². The Morgan fingerprint density at radius 3 is 2.23 bits per heavy atom. The molecule has 1 aliphatic carbocycles. The fraction of sp³-hybridized carbons (Fsp3) is 0.286. The van der Waals surface area contributed by atoms with Gasteiger partial charge in [0.15, 0.2) is 5.82 Å². The SMILES string of the molecule is O=S(=O)(c1ccc2c(c1)CCCC2)N1CCN(c2nc(-c3ccccc3)nc3ccccc23)CC1. The molecule has 3 aromatic carbocycles. The molecular formula is C28H28N4O2S. The van der Waals surface area contributed by atoms with Gasteiger partial charge in [-0.05, 0) is 61.1 Å². The number of fused-ring (bicyclic) bond motifs is 2. The highest BCUT2D eigenvalue weighted by molar-refractivity contribution is 7.89. The van der Waals surface area contributed by atoms with Crippen molar-refractivity contribution in [3.63, 3.8) is 0 Å². The molecule has 0 atom stereocenters. The molecule has 0 radical (unpaired) electrons. The molecule has 6 rings (SSSR count). The van der Waals surface area contributed by atoms with Crippen molar-refractivity contribution in [3.8, 4) is 11.4 Å². The molecule has 178 valence electrons. The number of para-hydroxylation sites is 1. The molecular weight excluding hydrogens is 456 g/mol. The maximum absolute atomic E-state index is 13.4. The van der Waals surface area contributed by atoms with E-state index < -0.39 is 10.0 Å². The lowest BCUT2D eigenvalue weighted by Crippen LogP contribution is -2.49. The van der Waals surface area contributed by atoms with Crippen molar-refractivity contribution in [3.05, 3.63) is 83.9 Å². The number of benzene rings is 3. The minimum Gasteiger partial charge on any atom is -0.353 e. The summed E-state index contributed by atoms with van der Waals surface area (Å²) in [4.78, 5) is 12.3. The summed E-state index contributed by atoms with van der Waals surface area (Å²) >= 11 is 0. The van der Waals surface area contributed by atoms with Gasteiger partial charge in [0.1, 0.15) is 5.82 Å². The summed E-state index contributed by atoms with van der Waals surface area (Å²) < 4.78 is 28.5. The Hall–Kier alpha value is -3.29. The lowest BCUT2D eigenvalue weighted by molar-refractivity contribution is 0.384. The predicted molar refractivity (Wildman–Crippen MR) is 139 cm³/mol. The number of rotatable bonds is 4. The Balaban J connectivity index is 1.27. The van der Waals surface area contributed by atoms with E-state index in [1.165, 1.54) is 17.5 Å². The first-order chi connectivity index (χ1) is 17.1. The normalized spacial score (nSPS) is 16.9. The molecule has 6 nitrogen and oxygen atoms in total. The van der Waals surface area contributed by atoms with E-state index in [9.17, 15) is 8.42 Å². The van der Waals surface area contributed by atoms with Gasteiger partial charge < -0.3 is 4.90 Å². The largest absolute Gasteiger partial charge is 0.353 e.